The zero-order valence-corrected chi connectivity index (χ0v) is 14.0. The van der Waals surface area contributed by atoms with Crippen LogP contribution in [-0.4, -0.2) is 35.4 Å². The molecule has 2 fully saturated rings. The van der Waals surface area contributed by atoms with Crippen molar-refractivity contribution in [2.24, 2.45) is 5.92 Å². The topological polar surface area (TPSA) is 41.0 Å². The number of nitrogens with zero attached hydrogens (tertiary/aromatic N) is 3. The van der Waals surface area contributed by atoms with Gasteiger partial charge in [-0.2, -0.15) is 0 Å². The zero-order valence-electron chi connectivity index (χ0n) is 13.1. The van der Waals surface area contributed by atoms with E-state index < -0.39 is 0 Å². The summed E-state index contributed by atoms with van der Waals surface area (Å²) in [6.45, 7) is 4.16. The van der Waals surface area contributed by atoms with Crippen molar-refractivity contribution in [2.45, 2.75) is 56.6 Å². The lowest BCUT2D eigenvalue weighted by atomic mass is 9.96. The summed E-state index contributed by atoms with van der Waals surface area (Å²) in [5, 5.41) is 4.21. The number of thioether (sulfide) groups is 1. The van der Waals surface area contributed by atoms with E-state index in [9.17, 15) is 0 Å². The van der Waals surface area contributed by atoms with Gasteiger partial charge in [-0.15, -0.1) is 0 Å². The van der Waals surface area contributed by atoms with Gasteiger partial charge in [0, 0.05) is 25.2 Å². The summed E-state index contributed by atoms with van der Waals surface area (Å²) in [6.07, 6.45) is 10.3. The Labute approximate surface area is 132 Å². The number of anilines is 2. The Balaban J connectivity index is 1.85. The number of rotatable bonds is 5. The lowest BCUT2D eigenvalue weighted by molar-refractivity contribution is 0.428. The van der Waals surface area contributed by atoms with Crippen molar-refractivity contribution in [1.82, 2.24) is 9.97 Å². The van der Waals surface area contributed by atoms with Gasteiger partial charge in [-0.05, 0) is 44.8 Å². The first-order valence-electron chi connectivity index (χ1n) is 8.25. The molecule has 1 aromatic heterocycles. The van der Waals surface area contributed by atoms with Crippen molar-refractivity contribution in [2.75, 3.05) is 29.6 Å². The second kappa shape index (κ2) is 6.86. The van der Waals surface area contributed by atoms with Gasteiger partial charge in [-0.25, -0.2) is 9.97 Å². The molecule has 5 heteroatoms. The monoisotopic (exact) mass is 306 g/mol. The second-order valence-corrected chi connectivity index (χ2v) is 6.85. The van der Waals surface area contributed by atoms with Crippen LogP contribution in [0.4, 0.5) is 11.6 Å². The largest absolute Gasteiger partial charge is 0.370 e. The average Bonchev–Trinajstić information content (AvgIpc) is 3.17. The van der Waals surface area contributed by atoms with Crippen molar-refractivity contribution in [3.8, 4) is 0 Å². The molecule has 1 saturated carbocycles. The van der Waals surface area contributed by atoms with Gasteiger partial charge >= 0.3 is 0 Å². The van der Waals surface area contributed by atoms with Crippen molar-refractivity contribution in [3.63, 3.8) is 0 Å². The molecule has 0 radical (unpaired) electrons. The van der Waals surface area contributed by atoms with Crippen LogP contribution in [0.3, 0.4) is 0 Å². The van der Waals surface area contributed by atoms with Crippen LogP contribution in [0.15, 0.2) is 11.2 Å². The highest BCUT2D eigenvalue weighted by atomic mass is 32.2. The molecule has 116 valence electrons. The van der Waals surface area contributed by atoms with Gasteiger partial charge in [0.1, 0.15) is 11.6 Å². The van der Waals surface area contributed by atoms with Crippen LogP contribution in [0, 0.1) is 5.92 Å². The summed E-state index contributed by atoms with van der Waals surface area (Å²) in [6, 6.07) is 2.84. The fraction of sp³-hybridized carbons (Fsp3) is 0.750. The second-order valence-electron chi connectivity index (χ2n) is 6.08. The highest BCUT2D eigenvalue weighted by molar-refractivity contribution is 7.98. The Morgan fingerprint density at radius 2 is 2.05 bits per heavy atom. The maximum atomic E-state index is 4.78. The molecule has 2 heterocycles. The predicted molar refractivity (Wildman–Crippen MR) is 90.3 cm³/mol. The maximum absolute atomic E-state index is 4.78. The Kier molecular flexibility index (Phi) is 4.88. The zero-order chi connectivity index (χ0) is 14.7. The number of hydrogen-bond acceptors (Lipinski definition) is 5. The fourth-order valence-electron chi connectivity index (χ4n) is 3.83. The van der Waals surface area contributed by atoms with Gasteiger partial charge in [-0.1, -0.05) is 24.6 Å². The predicted octanol–water partition coefficient (Wildman–Crippen LogP) is 3.79. The Morgan fingerprint density at radius 1 is 1.24 bits per heavy atom. The first-order chi connectivity index (χ1) is 10.3. The van der Waals surface area contributed by atoms with Crippen LogP contribution in [0.2, 0.25) is 0 Å². The van der Waals surface area contributed by atoms with Crippen LogP contribution >= 0.6 is 11.8 Å². The van der Waals surface area contributed by atoms with Crippen molar-refractivity contribution in [1.29, 1.82) is 0 Å². The third-order valence-corrected chi connectivity index (χ3v) is 5.32. The quantitative estimate of drug-likeness (QED) is 0.662. The summed E-state index contributed by atoms with van der Waals surface area (Å²) in [5.41, 5.74) is 0. The van der Waals surface area contributed by atoms with Crippen LogP contribution in [0.25, 0.3) is 0 Å². The van der Waals surface area contributed by atoms with E-state index in [4.69, 9.17) is 4.98 Å². The molecule has 21 heavy (non-hydrogen) atoms. The molecule has 4 nitrogen and oxygen atoms in total. The van der Waals surface area contributed by atoms with E-state index in [1.165, 1.54) is 38.5 Å². The molecule has 0 aromatic carbocycles. The lowest BCUT2D eigenvalue weighted by Gasteiger charge is -2.30. The molecule has 1 aliphatic heterocycles. The molecule has 1 aromatic rings. The fourth-order valence-corrected chi connectivity index (χ4v) is 4.21. The first-order valence-corrected chi connectivity index (χ1v) is 9.48. The van der Waals surface area contributed by atoms with E-state index in [1.807, 2.05) is 6.26 Å². The minimum Gasteiger partial charge on any atom is -0.370 e. The summed E-state index contributed by atoms with van der Waals surface area (Å²) >= 11 is 1.63. The SMILES string of the molecule is CCNc1cc(N2CCCC2C2CCCC2)nc(SC)n1. The number of aromatic nitrogens is 2. The Bertz CT molecular complexity index is 473. The molecule has 3 rings (SSSR count). The molecule has 1 atom stereocenters. The molecular weight excluding hydrogens is 280 g/mol. The number of nitrogens with one attached hydrogen (secondary N) is 1. The molecule has 1 unspecified atom stereocenters. The molecule has 1 aliphatic carbocycles. The minimum atomic E-state index is 0.701. The molecule has 0 spiro atoms. The molecule has 0 bridgehead atoms. The number of hydrogen-bond donors (Lipinski definition) is 1. The summed E-state index contributed by atoms with van der Waals surface area (Å²) in [7, 11) is 0. The van der Waals surface area contributed by atoms with Crippen LogP contribution in [0.5, 0.6) is 0 Å². The van der Waals surface area contributed by atoms with Crippen LogP contribution < -0.4 is 10.2 Å². The molecular formula is C16H26N4S. The van der Waals surface area contributed by atoms with Gasteiger partial charge in [0.05, 0.1) is 0 Å². The Hall–Kier alpha value is -0.970. The van der Waals surface area contributed by atoms with Crippen LogP contribution in [-0.2, 0) is 0 Å². The van der Waals surface area contributed by atoms with E-state index in [1.54, 1.807) is 11.8 Å². The smallest absolute Gasteiger partial charge is 0.191 e. The molecule has 1 N–H and O–H groups in total. The highest BCUT2D eigenvalue weighted by Crippen LogP contribution is 2.37. The first kappa shape index (κ1) is 14.9. The average molecular weight is 306 g/mol. The summed E-state index contributed by atoms with van der Waals surface area (Å²) < 4.78 is 0. The normalized spacial score (nSPS) is 23.0. The third kappa shape index (κ3) is 3.28. The molecule has 0 amide bonds. The van der Waals surface area contributed by atoms with E-state index >= 15 is 0 Å². The van der Waals surface area contributed by atoms with E-state index in [2.05, 4.69) is 28.2 Å². The maximum Gasteiger partial charge on any atom is 0.191 e. The lowest BCUT2D eigenvalue weighted by Crippen LogP contribution is -2.35. The van der Waals surface area contributed by atoms with Crippen molar-refractivity contribution >= 4 is 23.4 Å². The van der Waals surface area contributed by atoms with Gasteiger partial charge in [0.25, 0.3) is 0 Å². The third-order valence-electron chi connectivity index (χ3n) is 4.77. The van der Waals surface area contributed by atoms with Gasteiger partial charge in [-0.3, -0.25) is 0 Å². The van der Waals surface area contributed by atoms with Gasteiger partial charge < -0.3 is 10.2 Å². The molecule has 2 aliphatic rings. The highest BCUT2D eigenvalue weighted by Gasteiger charge is 2.34. The summed E-state index contributed by atoms with van der Waals surface area (Å²) in [5.74, 6) is 2.96. The van der Waals surface area contributed by atoms with E-state index in [-0.39, 0.29) is 0 Å². The van der Waals surface area contributed by atoms with Gasteiger partial charge in [0.2, 0.25) is 0 Å². The van der Waals surface area contributed by atoms with Crippen molar-refractivity contribution in [3.05, 3.63) is 6.07 Å². The Morgan fingerprint density at radius 3 is 2.76 bits per heavy atom. The summed E-state index contributed by atoms with van der Waals surface area (Å²) in [4.78, 5) is 11.9. The van der Waals surface area contributed by atoms with Crippen LogP contribution in [0.1, 0.15) is 45.4 Å². The standard InChI is InChI=1S/C16H26N4S/c1-3-17-14-11-15(19-16(18-14)21-2)20-10-6-9-13(20)12-7-4-5-8-12/h11-13H,3-10H2,1-2H3,(H,17,18,19). The minimum absolute atomic E-state index is 0.701. The van der Waals surface area contributed by atoms with E-state index in [0.717, 1.165) is 35.8 Å². The van der Waals surface area contributed by atoms with Crippen molar-refractivity contribution < 1.29 is 0 Å². The van der Waals surface area contributed by atoms with E-state index in [0.29, 0.717) is 6.04 Å². The molecule has 1 saturated heterocycles. The van der Waals surface area contributed by atoms with Gasteiger partial charge in [0.15, 0.2) is 5.16 Å².